The van der Waals surface area contributed by atoms with E-state index in [1.165, 1.54) is 0 Å². The number of hydrogen-bond acceptors (Lipinski definition) is 1. The Balaban J connectivity index is 3.08. The van der Waals surface area contributed by atoms with E-state index in [9.17, 15) is 4.79 Å². The third kappa shape index (κ3) is 4.86. The highest BCUT2D eigenvalue weighted by Gasteiger charge is 2.36. The lowest BCUT2D eigenvalue weighted by Crippen LogP contribution is -2.47. The lowest BCUT2D eigenvalue weighted by atomic mass is 9.91. The number of halogens is 3. The van der Waals surface area contributed by atoms with Gasteiger partial charge in [0.1, 0.15) is 0 Å². The van der Waals surface area contributed by atoms with Crippen molar-refractivity contribution in [3.63, 3.8) is 0 Å². The molecule has 0 spiro atoms. The summed E-state index contributed by atoms with van der Waals surface area (Å²) in [5, 5.41) is 2.75. The molecular weight excluding hydrogens is 317 g/mol. The molecule has 1 N–H and O–H groups in total. The topological polar surface area (TPSA) is 29.1 Å². The summed E-state index contributed by atoms with van der Waals surface area (Å²) in [5.41, 5.74) is 0.133. The van der Waals surface area contributed by atoms with Gasteiger partial charge in [0.2, 0.25) is 0 Å². The van der Waals surface area contributed by atoms with E-state index in [2.05, 4.69) is 11.9 Å². The van der Waals surface area contributed by atoms with Crippen molar-refractivity contribution in [2.75, 3.05) is 0 Å². The van der Waals surface area contributed by atoms with Gasteiger partial charge in [0.15, 0.2) is 0 Å². The minimum atomic E-state index is -2.00. The highest BCUT2D eigenvalue weighted by molar-refractivity contribution is 6.76. The summed E-state index contributed by atoms with van der Waals surface area (Å²) in [6.07, 6.45) is 6.21. The van der Waals surface area contributed by atoms with Gasteiger partial charge in [-0.3, -0.25) is 4.79 Å². The van der Waals surface area contributed by atoms with Gasteiger partial charge in [-0.25, -0.2) is 0 Å². The van der Waals surface area contributed by atoms with Crippen LogP contribution in [0.5, 0.6) is 0 Å². The van der Waals surface area contributed by atoms with Gasteiger partial charge < -0.3 is 5.32 Å². The molecule has 0 aromatic heterocycles. The summed E-state index contributed by atoms with van der Waals surface area (Å²) < 4.78 is -2.00. The fourth-order valence-electron chi connectivity index (χ4n) is 1.70. The molecule has 0 heterocycles. The lowest BCUT2D eigenvalue weighted by Gasteiger charge is -2.30. The van der Waals surface area contributed by atoms with Crippen molar-refractivity contribution < 1.29 is 4.79 Å². The normalized spacial score (nSPS) is 14.8. The Hall–Kier alpha value is -0.960. The molecule has 1 aromatic rings. The Morgan fingerprint density at radius 2 is 1.90 bits per heavy atom. The molecule has 0 unspecified atom stereocenters. The minimum absolute atomic E-state index is 0.669. The van der Waals surface area contributed by atoms with E-state index < -0.39 is 15.2 Å². The molecule has 0 saturated carbocycles. The molecule has 0 bridgehead atoms. The molecule has 1 aromatic carbocycles. The number of nitrogens with one attached hydrogen (secondary N) is 1. The predicted octanol–water partition coefficient (Wildman–Crippen LogP) is 4.52. The SMILES string of the molecule is C=CC/C=C/[C@](C)(NC(=O)C(Cl)(Cl)Cl)c1ccccc1. The van der Waals surface area contributed by atoms with Crippen LogP contribution in [0.1, 0.15) is 18.9 Å². The molecule has 0 fully saturated rings. The van der Waals surface area contributed by atoms with E-state index in [-0.39, 0.29) is 0 Å². The minimum Gasteiger partial charge on any atom is -0.340 e. The van der Waals surface area contributed by atoms with Crippen LogP contribution in [-0.4, -0.2) is 9.70 Å². The van der Waals surface area contributed by atoms with Crippen LogP contribution in [-0.2, 0) is 10.3 Å². The largest absolute Gasteiger partial charge is 0.340 e. The van der Waals surface area contributed by atoms with Gasteiger partial charge in [0, 0.05) is 0 Å². The number of rotatable bonds is 5. The fourth-order valence-corrected chi connectivity index (χ4v) is 1.84. The second kappa shape index (κ2) is 7.16. The smallest absolute Gasteiger partial charge is 0.273 e. The van der Waals surface area contributed by atoms with Gasteiger partial charge in [0.05, 0.1) is 5.54 Å². The zero-order valence-corrected chi connectivity index (χ0v) is 13.3. The van der Waals surface area contributed by atoms with E-state index in [1.54, 1.807) is 6.08 Å². The summed E-state index contributed by atoms with van der Waals surface area (Å²) >= 11 is 16.9. The highest BCUT2D eigenvalue weighted by atomic mass is 35.6. The van der Waals surface area contributed by atoms with Crippen LogP contribution < -0.4 is 5.32 Å². The van der Waals surface area contributed by atoms with Gasteiger partial charge >= 0.3 is 0 Å². The average molecular weight is 333 g/mol. The number of benzene rings is 1. The van der Waals surface area contributed by atoms with Crippen LogP contribution in [0.15, 0.2) is 55.1 Å². The molecule has 0 aliphatic rings. The Labute approximate surface area is 134 Å². The van der Waals surface area contributed by atoms with Gasteiger partial charge in [-0.15, -0.1) is 6.58 Å². The van der Waals surface area contributed by atoms with Crippen molar-refractivity contribution in [3.8, 4) is 0 Å². The first-order valence-electron chi connectivity index (χ1n) is 6.03. The molecular formula is C15H16Cl3NO. The molecule has 1 amide bonds. The first-order chi connectivity index (χ1) is 9.29. The first-order valence-corrected chi connectivity index (χ1v) is 7.16. The molecule has 5 heteroatoms. The summed E-state index contributed by atoms with van der Waals surface area (Å²) in [4.78, 5) is 11.9. The maximum absolute atomic E-state index is 11.9. The molecule has 108 valence electrons. The lowest BCUT2D eigenvalue weighted by molar-refractivity contribution is -0.121. The number of amides is 1. The third-order valence-electron chi connectivity index (χ3n) is 2.76. The van der Waals surface area contributed by atoms with Crippen molar-refractivity contribution in [1.29, 1.82) is 0 Å². The van der Waals surface area contributed by atoms with Crippen molar-refractivity contribution in [1.82, 2.24) is 5.32 Å². The van der Waals surface area contributed by atoms with Crippen LogP contribution in [0, 0.1) is 0 Å². The zero-order chi connectivity index (χ0) is 15.2. The fraction of sp³-hybridized carbons (Fsp3) is 0.267. The second-order valence-electron chi connectivity index (χ2n) is 4.45. The number of alkyl halides is 3. The van der Waals surface area contributed by atoms with Crippen molar-refractivity contribution in [2.45, 2.75) is 22.7 Å². The van der Waals surface area contributed by atoms with E-state index in [4.69, 9.17) is 34.8 Å². The summed E-state index contributed by atoms with van der Waals surface area (Å²) in [7, 11) is 0. The highest BCUT2D eigenvalue weighted by Crippen LogP contribution is 2.30. The zero-order valence-electron chi connectivity index (χ0n) is 11.1. The van der Waals surface area contributed by atoms with Gasteiger partial charge in [-0.05, 0) is 18.9 Å². The van der Waals surface area contributed by atoms with Gasteiger partial charge in [-0.1, -0.05) is 83.4 Å². The Kier molecular flexibility index (Phi) is 6.12. The second-order valence-corrected chi connectivity index (χ2v) is 6.73. The van der Waals surface area contributed by atoms with Crippen LogP contribution in [0.3, 0.4) is 0 Å². The summed E-state index contributed by atoms with van der Waals surface area (Å²) in [6, 6.07) is 9.47. The Morgan fingerprint density at radius 1 is 1.30 bits per heavy atom. The van der Waals surface area contributed by atoms with E-state index >= 15 is 0 Å². The number of carbonyl (C=O) groups is 1. The number of carbonyl (C=O) groups excluding carboxylic acids is 1. The molecule has 0 aliphatic carbocycles. The summed E-state index contributed by atoms with van der Waals surface area (Å²) in [5.74, 6) is -0.669. The quantitative estimate of drug-likeness (QED) is 0.623. The van der Waals surface area contributed by atoms with E-state index in [0.717, 1.165) is 5.56 Å². The first kappa shape index (κ1) is 17.1. The van der Waals surface area contributed by atoms with Crippen molar-refractivity contribution >= 4 is 40.7 Å². The van der Waals surface area contributed by atoms with E-state index in [1.807, 2.05) is 49.4 Å². The van der Waals surface area contributed by atoms with Crippen molar-refractivity contribution in [3.05, 3.63) is 60.7 Å². The average Bonchev–Trinajstić information content (AvgIpc) is 2.39. The standard InChI is InChI=1S/C15H16Cl3NO/c1-3-4-8-11-14(2,12-9-6-5-7-10-12)19-13(20)15(16,17)18/h3,5-11H,1,4H2,2H3,(H,19,20)/b11-8+/t14-/m0/s1. The van der Waals surface area contributed by atoms with E-state index in [0.29, 0.717) is 6.42 Å². The maximum atomic E-state index is 11.9. The molecule has 20 heavy (non-hydrogen) atoms. The summed E-state index contributed by atoms with van der Waals surface area (Å²) in [6.45, 7) is 5.49. The Bertz CT molecular complexity index is 494. The maximum Gasteiger partial charge on any atom is 0.273 e. The van der Waals surface area contributed by atoms with Gasteiger partial charge in [0.25, 0.3) is 9.70 Å². The molecule has 0 aliphatic heterocycles. The molecule has 1 atom stereocenters. The van der Waals surface area contributed by atoms with Crippen LogP contribution in [0.4, 0.5) is 0 Å². The molecule has 2 nitrogen and oxygen atoms in total. The van der Waals surface area contributed by atoms with Crippen LogP contribution >= 0.6 is 34.8 Å². The monoisotopic (exact) mass is 331 g/mol. The van der Waals surface area contributed by atoms with Crippen LogP contribution in [0.2, 0.25) is 0 Å². The molecule has 0 saturated heterocycles. The predicted molar refractivity (Wildman–Crippen MR) is 86.2 cm³/mol. The molecule has 1 rings (SSSR count). The number of hydrogen-bond donors (Lipinski definition) is 1. The van der Waals surface area contributed by atoms with Crippen molar-refractivity contribution in [2.24, 2.45) is 0 Å². The molecule has 0 radical (unpaired) electrons. The third-order valence-corrected chi connectivity index (χ3v) is 3.27. The Morgan fingerprint density at radius 3 is 2.40 bits per heavy atom. The van der Waals surface area contributed by atoms with Gasteiger partial charge in [-0.2, -0.15) is 0 Å². The number of allylic oxidation sites excluding steroid dienone is 2. The van der Waals surface area contributed by atoms with Crippen LogP contribution in [0.25, 0.3) is 0 Å².